The molecule has 1 aromatic carbocycles. The summed E-state index contributed by atoms with van der Waals surface area (Å²) in [4.78, 5) is 13.7. The quantitative estimate of drug-likeness (QED) is 0.893. The highest BCUT2D eigenvalue weighted by atomic mass is 19.1. The van der Waals surface area contributed by atoms with Crippen molar-refractivity contribution in [2.24, 2.45) is 11.1 Å². The zero-order valence-corrected chi connectivity index (χ0v) is 11.5. The number of hydrogen-bond acceptors (Lipinski definition) is 2. The Kier molecular flexibility index (Phi) is 4.46. The van der Waals surface area contributed by atoms with Gasteiger partial charge in [0.2, 0.25) is 0 Å². The fourth-order valence-corrected chi connectivity index (χ4v) is 1.80. The van der Waals surface area contributed by atoms with Crippen LogP contribution < -0.4 is 5.73 Å². The number of hydrogen-bond donors (Lipinski definition) is 1. The second kappa shape index (κ2) is 5.48. The van der Waals surface area contributed by atoms with Crippen molar-refractivity contribution in [3.63, 3.8) is 0 Å². The summed E-state index contributed by atoms with van der Waals surface area (Å²) in [5, 5.41) is 0. The van der Waals surface area contributed by atoms with Crippen molar-refractivity contribution in [2.75, 3.05) is 20.1 Å². The number of benzene rings is 1. The molecule has 100 valence electrons. The number of amides is 1. The van der Waals surface area contributed by atoms with Crippen molar-refractivity contribution in [2.45, 2.75) is 20.8 Å². The summed E-state index contributed by atoms with van der Waals surface area (Å²) in [6.45, 7) is 6.57. The van der Waals surface area contributed by atoms with Gasteiger partial charge < -0.3 is 10.6 Å². The molecule has 0 atom stereocenters. The molecule has 2 N–H and O–H groups in total. The summed E-state index contributed by atoms with van der Waals surface area (Å²) in [6, 6.07) is 4.85. The Bertz CT molecular complexity index is 443. The monoisotopic (exact) mass is 252 g/mol. The molecule has 0 saturated heterocycles. The van der Waals surface area contributed by atoms with Crippen molar-refractivity contribution in [3.05, 3.63) is 35.1 Å². The molecule has 0 unspecified atom stereocenters. The van der Waals surface area contributed by atoms with Gasteiger partial charge in [0.05, 0.1) is 5.56 Å². The summed E-state index contributed by atoms with van der Waals surface area (Å²) in [5.74, 6) is -0.752. The highest BCUT2D eigenvalue weighted by Crippen LogP contribution is 2.18. The fraction of sp³-hybridized carbons (Fsp3) is 0.500. The van der Waals surface area contributed by atoms with E-state index in [1.165, 1.54) is 11.0 Å². The molecule has 0 aliphatic rings. The summed E-state index contributed by atoms with van der Waals surface area (Å²) >= 11 is 0. The van der Waals surface area contributed by atoms with E-state index in [0.29, 0.717) is 18.7 Å². The Hall–Kier alpha value is -1.42. The van der Waals surface area contributed by atoms with Gasteiger partial charge in [0.1, 0.15) is 5.82 Å². The molecule has 4 heteroatoms. The van der Waals surface area contributed by atoms with Crippen molar-refractivity contribution >= 4 is 5.91 Å². The highest BCUT2D eigenvalue weighted by molar-refractivity contribution is 5.94. The number of halogens is 1. The van der Waals surface area contributed by atoms with Crippen LogP contribution in [0.2, 0.25) is 0 Å². The summed E-state index contributed by atoms with van der Waals surface area (Å²) in [6.07, 6.45) is 0. The standard InChI is InChI=1S/C14H21FN2O/c1-10-6-5-7-11(12(10)15)13(18)17(4)9-14(2,3)8-16/h5-7H,8-9,16H2,1-4H3. The van der Waals surface area contributed by atoms with Gasteiger partial charge in [0.15, 0.2) is 0 Å². The fourth-order valence-electron chi connectivity index (χ4n) is 1.80. The van der Waals surface area contributed by atoms with Crippen LogP contribution in [0.5, 0.6) is 0 Å². The smallest absolute Gasteiger partial charge is 0.256 e. The Morgan fingerprint density at radius 3 is 2.61 bits per heavy atom. The van der Waals surface area contributed by atoms with E-state index in [1.54, 1.807) is 26.1 Å². The first-order chi connectivity index (χ1) is 8.28. The van der Waals surface area contributed by atoms with Crippen molar-refractivity contribution in [3.8, 4) is 0 Å². The van der Waals surface area contributed by atoms with E-state index in [1.807, 2.05) is 13.8 Å². The molecule has 0 bridgehead atoms. The van der Waals surface area contributed by atoms with Crippen LogP contribution in [0.1, 0.15) is 29.8 Å². The molecule has 0 aromatic heterocycles. The lowest BCUT2D eigenvalue weighted by Gasteiger charge is -2.29. The average molecular weight is 252 g/mol. The second-order valence-electron chi connectivity index (χ2n) is 5.47. The van der Waals surface area contributed by atoms with Crippen molar-refractivity contribution in [1.29, 1.82) is 0 Å². The first-order valence-electron chi connectivity index (χ1n) is 5.99. The molecule has 0 fully saturated rings. The van der Waals surface area contributed by atoms with E-state index in [2.05, 4.69) is 0 Å². The van der Waals surface area contributed by atoms with Gasteiger partial charge in [-0.15, -0.1) is 0 Å². The van der Waals surface area contributed by atoms with Crippen LogP contribution in [0.4, 0.5) is 4.39 Å². The van der Waals surface area contributed by atoms with Crippen LogP contribution in [0.25, 0.3) is 0 Å². The molecular weight excluding hydrogens is 231 g/mol. The molecule has 3 nitrogen and oxygen atoms in total. The highest BCUT2D eigenvalue weighted by Gasteiger charge is 2.23. The second-order valence-corrected chi connectivity index (χ2v) is 5.47. The largest absolute Gasteiger partial charge is 0.341 e. The van der Waals surface area contributed by atoms with Crippen molar-refractivity contribution < 1.29 is 9.18 Å². The maximum absolute atomic E-state index is 13.9. The lowest BCUT2D eigenvalue weighted by molar-refractivity contribution is 0.0735. The molecule has 1 rings (SSSR count). The van der Waals surface area contributed by atoms with Gasteiger partial charge in [0.25, 0.3) is 5.91 Å². The molecule has 1 amide bonds. The van der Waals surface area contributed by atoms with E-state index in [4.69, 9.17) is 5.73 Å². The van der Waals surface area contributed by atoms with E-state index in [0.717, 1.165) is 0 Å². The zero-order valence-electron chi connectivity index (χ0n) is 11.5. The third-order valence-corrected chi connectivity index (χ3v) is 2.99. The number of carbonyl (C=O) groups is 1. The van der Waals surface area contributed by atoms with E-state index in [-0.39, 0.29) is 16.9 Å². The Morgan fingerprint density at radius 1 is 1.44 bits per heavy atom. The molecule has 0 saturated carbocycles. The first kappa shape index (κ1) is 14.6. The first-order valence-corrected chi connectivity index (χ1v) is 5.99. The minimum atomic E-state index is -0.445. The number of carbonyl (C=O) groups excluding carboxylic acids is 1. The van der Waals surface area contributed by atoms with Crippen LogP contribution in [0.15, 0.2) is 18.2 Å². The van der Waals surface area contributed by atoms with E-state index >= 15 is 0 Å². The van der Waals surface area contributed by atoms with E-state index in [9.17, 15) is 9.18 Å². The SMILES string of the molecule is Cc1cccc(C(=O)N(C)CC(C)(C)CN)c1F. The summed E-state index contributed by atoms with van der Waals surface area (Å²) < 4.78 is 13.9. The number of aryl methyl sites for hydroxylation is 1. The Morgan fingerprint density at radius 2 is 2.06 bits per heavy atom. The molecule has 1 aromatic rings. The summed E-state index contributed by atoms with van der Waals surface area (Å²) in [5.41, 5.74) is 6.05. The zero-order chi connectivity index (χ0) is 13.9. The minimum Gasteiger partial charge on any atom is -0.341 e. The predicted octanol–water partition coefficient (Wildman–Crippen LogP) is 2.19. The minimum absolute atomic E-state index is 0.116. The topological polar surface area (TPSA) is 46.3 Å². The molecule has 0 aliphatic carbocycles. The summed E-state index contributed by atoms with van der Waals surface area (Å²) in [7, 11) is 1.67. The molecule has 0 aliphatic heterocycles. The molecule has 18 heavy (non-hydrogen) atoms. The van der Waals surface area contributed by atoms with Crippen LogP contribution in [0, 0.1) is 18.2 Å². The Balaban J connectivity index is 2.91. The van der Waals surface area contributed by atoms with Gasteiger partial charge in [-0.05, 0) is 30.5 Å². The molecular formula is C14H21FN2O. The van der Waals surface area contributed by atoms with Gasteiger partial charge in [-0.1, -0.05) is 26.0 Å². The van der Waals surface area contributed by atoms with E-state index < -0.39 is 5.82 Å². The average Bonchev–Trinajstić information content (AvgIpc) is 2.31. The number of nitrogens with zero attached hydrogens (tertiary/aromatic N) is 1. The maximum atomic E-state index is 13.9. The lowest BCUT2D eigenvalue weighted by atomic mass is 9.93. The van der Waals surface area contributed by atoms with Gasteiger partial charge in [-0.25, -0.2) is 4.39 Å². The Labute approximate surface area is 108 Å². The number of nitrogens with two attached hydrogens (primary N) is 1. The number of rotatable bonds is 4. The van der Waals surface area contributed by atoms with Gasteiger partial charge in [0, 0.05) is 13.6 Å². The van der Waals surface area contributed by atoms with Crippen LogP contribution in [0.3, 0.4) is 0 Å². The van der Waals surface area contributed by atoms with Crippen LogP contribution >= 0.6 is 0 Å². The molecule has 0 heterocycles. The lowest BCUT2D eigenvalue weighted by Crippen LogP contribution is -2.40. The third kappa shape index (κ3) is 3.29. The normalized spacial score (nSPS) is 11.4. The van der Waals surface area contributed by atoms with Gasteiger partial charge in [-0.3, -0.25) is 4.79 Å². The van der Waals surface area contributed by atoms with Crippen LogP contribution in [-0.2, 0) is 0 Å². The van der Waals surface area contributed by atoms with Crippen LogP contribution in [-0.4, -0.2) is 30.9 Å². The van der Waals surface area contributed by atoms with Gasteiger partial charge >= 0.3 is 0 Å². The van der Waals surface area contributed by atoms with Crippen molar-refractivity contribution in [1.82, 2.24) is 4.90 Å². The maximum Gasteiger partial charge on any atom is 0.256 e. The predicted molar refractivity (Wildman–Crippen MR) is 70.9 cm³/mol. The molecule has 0 radical (unpaired) electrons. The third-order valence-electron chi connectivity index (χ3n) is 2.99. The van der Waals surface area contributed by atoms with Gasteiger partial charge in [-0.2, -0.15) is 0 Å². The molecule has 0 spiro atoms.